The predicted molar refractivity (Wildman–Crippen MR) is 85.1 cm³/mol. The monoisotopic (exact) mass is 424 g/mol. The minimum Gasteiger partial charge on any atom is -0.378 e. The quantitative estimate of drug-likeness (QED) is 0.432. The standard InChI is InChI=1S/C13H18BrIN2O/c14-9-3-5-12(15)11(8-9)13(17-16)6-4-10-2-1-7-18-10/h3,5,8,10,13,17H,1-2,4,6-7,16H2. The highest BCUT2D eigenvalue weighted by molar-refractivity contribution is 14.1. The SMILES string of the molecule is NNC(CCC1CCCO1)c1cc(Br)ccc1I. The molecule has 5 heteroatoms. The van der Waals surface area contributed by atoms with E-state index in [1.165, 1.54) is 22.0 Å². The van der Waals surface area contributed by atoms with Crippen LogP contribution in [0.3, 0.4) is 0 Å². The summed E-state index contributed by atoms with van der Waals surface area (Å²) < 4.78 is 7.99. The molecule has 0 amide bonds. The number of rotatable bonds is 5. The molecule has 3 nitrogen and oxygen atoms in total. The van der Waals surface area contributed by atoms with Gasteiger partial charge in [-0.15, -0.1) is 0 Å². The van der Waals surface area contributed by atoms with Gasteiger partial charge in [-0.2, -0.15) is 0 Å². The molecule has 18 heavy (non-hydrogen) atoms. The fraction of sp³-hybridized carbons (Fsp3) is 0.538. The smallest absolute Gasteiger partial charge is 0.0576 e. The Morgan fingerprint density at radius 1 is 1.56 bits per heavy atom. The predicted octanol–water partition coefficient (Wildman–Crippen LogP) is 3.52. The Balaban J connectivity index is 2.00. The molecule has 3 N–H and O–H groups in total. The number of hydrazine groups is 1. The van der Waals surface area contributed by atoms with E-state index in [1.807, 2.05) is 0 Å². The van der Waals surface area contributed by atoms with Crippen LogP contribution in [0.1, 0.15) is 37.3 Å². The first-order valence-electron chi connectivity index (χ1n) is 6.23. The zero-order valence-corrected chi connectivity index (χ0v) is 13.9. The van der Waals surface area contributed by atoms with Gasteiger partial charge in [-0.25, -0.2) is 0 Å². The summed E-state index contributed by atoms with van der Waals surface area (Å²) in [5.74, 6) is 5.70. The number of hydrogen-bond acceptors (Lipinski definition) is 3. The van der Waals surface area contributed by atoms with Gasteiger partial charge in [-0.1, -0.05) is 15.9 Å². The maximum Gasteiger partial charge on any atom is 0.0576 e. The molecule has 0 bridgehead atoms. The summed E-state index contributed by atoms with van der Waals surface area (Å²) in [5.41, 5.74) is 4.18. The van der Waals surface area contributed by atoms with Crippen molar-refractivity contribution in [2.24, 2.45) is 5.84 Å². The summed E-state index contributed by atoms with van der Waals surface area (Å²) >= 11 is 5.87. The van der Waals surface area contributed by atoms with E-state index < -0.39 is 0 Å². The molecular formula is C13H18BrIN2O. The molecule has 0 aromatic heterocycles. The lowest BCUT2D eigenvalue weighted by Crippen LogP contribution is -2.29. The Morgan fingerprint density at radius 2 is 2.39 bits per heavy atom. The molecule has 1 aliphatic heterocycles. The fourth-order valence-corrected chi connectivity index (χ4v) is 3.43. The normalized spacial score (nSPS) is 21.2. The Labute approximate surface area is 130 Å². The second-order valence-electron chi connectivity index (χ2n) is 4.60. The lowest BCUT2D eigenvalue weighted by molar-refractivity contribution is 0.0996. The van der Waals surface area contributed by atoms with E-state index >= 15 is 0 Å². The van der Waals surface area contributed by atoms with E-state index in [0.29, 0.717) is 6.10 Å². The molecule has 1 saturated heterocycles. The van der Waals surface area contributed by atoms with E-state index in [9.17, 15) is 0 Å². The minimum absolute atomic E-state index is 0.193. The number of nitrogens with one attached hydrogen (secondary N) is 1. The van der Waals surface area contributed by atoms with Crippen LogP contribution in [-0.4, -0.2) is 12.7 Å². The van der Waals surface area contributed by atoms with Crippen molar-refractivity contribution < 1.29 is 4.74 Å². The molecule has 1 fully saturated rings. The average molecular weight is 425 g/mol. The van der Waals surface area contributed by atoms with Gasteiger partial charge in [-0.3, -0.25) is 11.3 Å². The van der Waals surface area contributed by atoms with Crippen LogP contribution in [0.25, 0.3) is 0 Å². The van der Waals surface area contributed by atoms with Gasteiger partial charge >= 0.3 is 0 Å². The van der Waals surface area contributed by atoms with E-state index in [2.05, 4.69) is 62.1 Å². The molecule has 1 aliphatic rings. The van der Waals surface area contributed by atoms with Crippen molar-refractivity contribution in [1.82, 2.24) is 5.43 Å². The largest absolute Gasteiger partial charge is 0.378 e. The second kappa shape index (κ2) is 7.19. The molecule has 0 spiro atoms. The first kappa shape index (κ1) is 14.7. The fourth-order valence-electron chi connectivity index (χ4n) is 2.33. The highest BCUT2D eigenvalue weighted by Crippen LogP contribution is 2.28. The van der Waals surface area contributed by atoms with Gasteiger partial charge in [0.1, 0.15) is 0 Å². The molecule has 2 unspecified atom stereocenters. The van der Waals surface area contributed by atoms with Crippen LogP contribution in [0, 0.1) is 3.57 Å². The van der Waals surface area contributed by atoms with Crippen molar-refractivity contribution in [3.8, 4) is 0 Å². The van der Waals surface area contributed by atoms with Gasteiger partial charge in [0.15, 0.2) is 0 Å². The van der Waals surface area contributed by atoms with Crippen molar-refractivity contribution in [2.45, 2.75) is 37.8 Å². The molecular weight excluding hydrogens is 407 g/mol. The lowest BCUT2D eigenvalue weighted by Gasteiger charge is -2.20. The number of halogens is 2. The molecule has 100 valence electrons. The molecule has 0 saturated carbocycles. The number of hydrogen-bond donors (Lipinski definition) is 2. The van der Waals surface area contributed by atoms with Crippen LogP contribution in [0.5, 0.6) is 0 Å². The summed E-state index contributed by atoms with van der Waals surface area (Å²) in [5, 5.41) is 0. The average Bonchev–Trinajstić information content (AvgIpc) is 2.87. The summed E-state index contributed by atoms with van der Waals surface area (Å²) in [7, 11) is 0. The summed E-state index contributed by atoms with van der Waals surface area (Å²) in [4.78, 5) is 0. The molecule has 1 heterocycles. The van der Waals surface area contributed by atoms with Crippen molar-refractivity contribution >= 4 is 38.5 Å². The first-order chi connectivity index (χ1) is 8.70. The van der Waals surface area contributed by atoms with E-state index in [-0.39, 0.29) is 6.04 Å². The topological polar surface area (TPSA) is 47.3 Å². The maximum atomic E-state index is 5.70. The maximum absolute atomic E-state index is 5.70. The Bertz CT molecular complexity index is 397. The summed E-state index contributed by atoms with van der Waals surface area (Å²) in [6.45, 7) is 0.916. The zero-order valence-electron chi connectivity index (χ0n) is 10.2. The van der Waals surface area contributed by atoms with Gasteiger partial charge in [0.05, 0.1) is 6.10 Å². The van der Waals surface area contributed by atoms with Gasteiger partial charge in [0.25, 0.3) is 0 Å². The van der Waals surface area contributed by atoms with E-state index in [4.69, 9.17) is 10.6 Å². The highest BCUT2D eigenvalue weighted by atomic mass is 127. The molecule has 1 aromatic carbocycles. The first-order valence-corrected chi connectivity index (χ1v) is 8.10. The third-order valence-electron chi connectivity index (χ3n) is 3.34. The van der Waals surface area contributed by atoms with Crippen molar-refractivity contribution in [3.05, 3.63) is 31.8 Å². The van der Waals surface area contributed by atoms with Crippen molar-refractivity contribution in [2.75, 3.05) is 6.61 Å². The Hall–Kier alpha value is 0.310. The van der Waals surface area contributed by atoms with Crippen LogP contribution < -0.4 is 11.3 Å². The molecule has 1 aromatic rings. The Kier molecular flexibility index (Phi) is 5.88. The van der Waals surface area contributed by atoms with Gasteiger partial charge < -0.3 is 4.74 Å². The third kappa shape index (κ3) is 3.90. The number of nitrogens with two attached hydrogens (primary N) is 1. The lowest BCUT2D eigenvalue weighted by atomic mass is 10.00. The Morgan fingerprint density at radius 3 is 3.06 bits per heavy atom. The van der Waals surface area contributed by atoms with Crippen LogP contribution in [0.4, 0.5) is 0 Å². The summed E-state index contributed by atoms with van der Waals surface area (Å²) in [6.07, 6.45) is 4.88. The van der Waals surface area contributed by atoms with E-state index in [0.717, 1.165) is 23.9 Å². The molecule has 2 atom stereocenters. The van der Waals surface area contributed by atoms with Crippen LogP contribution in [0.15, 0.2) is 22.7 Å². The van der Waals surface area contributed by atoms with Gasteiger partial charge in [-0.05, 0) is 72.0 Å². The summed E-state index contributed by atoms with van der Waals surface area (Å²) in [6, 6.07) is 6.50. The third-order valence-corrected chi connectivity index (χ3v) is 4.81. The second-order valence-corrected chi connectivity index (χ2v) is 6.68. The molecule has 0 aliphatic carbocycles. The molecule has 0 radical (unpaired) electrons. The van der Waals surface area contributed by atoms with E-state index in [1.54, 1.807) is 0 Å². The number of ether oxygens (including phenoxy) is 1. The van der Waals surface area contributed by atoms with Crippen LogP contribution in [-0.2, 0) is 4.74 Å². The zero-order chi connectivity index (χ0) is 13.0. The van der Waals surface area contributed by atoms with Crippen molar-refractivity contribution in [1.29, 1.82) is 0 Å². The van der Waals surface area contributed by atoms with Crippen LogP contribution >= 0.6 is 38.5 Å². The van der Waals surface area contributed by atoms with Crippen molar-refractivity contribution in [3.63, 3.8) is 0 Å². The number of benzene rings is 1. The van der Waals surface area contributed by atoms with Gasteiger partial charge in [0, 0.05) is 20.7 Å². The van der Waals surface area contributed by atoms with Gasteiger partial charge in [0.2, 0.25) is 0 Å². The highest BCUT2D eigenvalue weighted by Gasteiger charge is 2.19. The molecule has 2 rings (SSSR count). The minimum atomic E-state index is 0.193. The van der Waals surface area contributed by atoms with Crippen LogP contribution in [0.2, 0.25) is 0 Å².